The minimum Gasteiger partial charge on any atom is -0.657 e. The van der Waals surface area contributed by atoms with Gasteiger partial charge in [0.05, 0.1) is 22.8 Å². The average molecular weight is 627 g/mol. The van der Waals surface area contributed by atoms with Crippen LogP contribution in [0, 0.1) is 13.8 Å². The fraction of sp³-hybridized carbons (Fsp3) is 0.100. The molecular formula is C40H32N4Ni. The van der Waals surface area contributed by atoms with Crippen LogP contribution in [-0.2, 0) is 29.3 Å². The van der Waals surface area contributed by atoms with Crippen LogP contribution >= 0.6 is 0 Å². The molecule has 0 spiro atoms. The minimum absolute atomic E-state index is 0. The summed E-state index contributed by atoms with van der Waals surface area (Å²) in [6, 6.07) is 25.5. The Morgan fingerprint density at radius 2 is 0.889 bits per heavy atom. The van der Waals surface area contributed by atoms with E-state index < -0.39 is 0 Å². The average Bonchev–Trinajstić information content (AvgIpc) is 3.86. The van der Waals surface area contributed by atoms with E-state index in [0.717, 1.165) is 78.2 Å². The van der Waals surface area contributed by atoms with Gasteiger partial charge in [-0.05, 0) is 73.2 Å². The number of allylic oxidation sites excluding steroid dienone is 2. The Bertz CT molecular complexity index is 2010. The zero-order valence-corrected chi connectivity index (χ0v) is 26.3. The van der Waals surface area contributed by atoms with Gasteiger partial charge < -0.3 is 9.97 Å². The van der Waals surface area contributed by atoms with Gasteiger partial charge in [0.2, 0.25) is 0 Å². The van der Waals surface area contributed by atoms with Crippen molar-refractivity contribution in [1.82, 2.24) is 19.9 Å². The molecule has 2 aromatic carbocycles. The fourth-order valence-electron chi connectivity index (χ4n) is 5.94. The number of hydrogen-bond acceptors (Lipinski definition) is 2. The third kappa shape index (κ3) is 5.68. The van der Waals surface area contributed by atoms with E-state index in [1.54, 1.807) is 0 Å². The maximum atomic E-state index is 5.20. The van der Waals surface area contributed by atoms with Crippen molar-refractivity contribution >= 4 is 46.4 Å². The molecule has 0 saturated carbocycles. The first kappa shape index (κ1) is 30.1. The zero-order chi connectivity index (χ0) is 30.2. The Labute approximate surface area is 274 Å². The van der Waals surface area contributed by atoms with Crippen molar-refractivity contribution in [3.8, 4) is 22.3 Å². The molecule has 2 aliphatic heterocycles. The van der Waals surface area contributed by atoms with Crippen LogP contribution in [0.4, 0.5) is 0 Å². The molecule has 3 aromatic heterocycles. The van der Waals surface area contributed by atoms with Gasteiger partial charge in [0, 0.05) is 5.56 Å². The second-order valence-corrected chi connectivity index (χ2v) is 11.3. The summed E-state index contributed by atoms with van der Waals surface area (Å²) >= 11 is 0. The molecule has 7 rings (SSSR count). The van der Waals surface area contributed by atoms with Crippen LogP contribution in [0.25, 0.3) is 68.6 Å². The predicted molar refractivity (Wildman–Crippen MR) is 185 cm³/mol. The van der Waals surface area contributed by atoms with Gasteiger partial charge in [-0.1, -0.05) is 102 Å². The van der Waals surface area contributed by atoms with Gasteiger partial charge in [-0.15, -0.1) is 35.2 Å². The number of nitrogens with zero attached hydrogens (tertiary/aromatic N) is 4. The van der Waals surface area contributed by atoms with E-state index in [1.807, 2.05) is 12.2 Å². The van der Waals surface area contributed by atoms with Crippen molar-refractivity contribution in [2.75, 3.05) is 0 Å². The SMILES string of the molecule is C=CCc1c2nc(c(-c3ccc(C)cc3)c3ccc([n-]3)c(CC=C)c3ccc([n-]3)c(-c3ccc(C)cc3)c3nc1C=C3)C=C2.[Ni+2]. The molecule has 0 amide bonds. The largest absolute Gasteiger partial charge is 2.00 e. The van der Waals surface area contributed by atoms with Gasteiger partial charge in [0.15, 0.2) is 0 Å². The summed E-state index contributed by atoms with van der Waals surface area (Å²) in [4.78, 5) is 20.8. The van der Waals surface area contributed by atoms with Crippen molar-refractivity contribution in [1.29, 1.82) is 0 Å². The number of hydrogen-bond donors (Lipinski definition) is 0. The van der Waals surface area contributed by atoms with Gasteiger partial charge in [0.1, 0.15) is 0 Å². The standard InChI is InChI=1S/C40H32N4.Ni/c1-5-7-29-31-17-21-35(41-31)39(27-13-9-25(3)10-14-27)37-23-19-33(43-37)30(8-6-2)34-20-24-38(44-34)40(36-22-18-32(29)42-36)28-15-11-26(4)12-16-28;/h5-6,9-24H,1-2,7-8H2,3-4H3;/q-2;+2. The molecule has 8 bridgehead atoms. The van der Waals surface area contributed by atoms with E-state index in [9.17, 15) is 0 Å². The van der Waals surface area contributed by atoms with E-state index in [0.29, 0.717) is 12.8 Å². The van der Waals surface area contributed by atoms with E-state index >= 15 is 0 Å². The number of fused-ring (bicyclic) bond motifs is 8. The molecule has 2 aliphatic rings. The quantitative estimate of drug-likeness (QED) is 0.136. The maximum absolute atomic E-state index is 5.20. The molecule has 0 radical (unpaired) electrons. The first-order valence-corrected chi connectivity index (χ1v) is 14.9. The third-order valence-corrected chi connectivity index (χ3v) is 8.20. The molecule has 5 heteroatoms. The van der Waals surface area contributed by atoms with Gasteiger partial charge in [-0.3, -0.25) is 0 Å². The number of aromatic nitrogens is 4. The maximum Gasteiger partial charge on any atom is 2.00 e. The van der Waals surface area contributed by atoms with Gasteiger partial charge >= 0.3 is 16.5 Å². The molecule has 0 aliphatic carbocycles. The normalized spacial score (nSPS) is 11.8. The van der Waals surface area contributed by atoms with Crippen LogP contribution < -0.4 is 9.97 Å². The second kappa shape index (κ2) is 12.6. The summed E-state index contributed by atoms with van der Waals surface area (Å²) in [5.41, 5.74) is 15.6. The van der Waals surface area contributed by atoms with E-state index in [-0.39, 0.29) is 16.5 Å². The smallest absolute Gasteiger partial charge is 0.657 e. The number of rotatable bonds is 6. The predicted octanol–water partition coefficient (Wildman–Crippen LogP) is 9.32. The Kier molecular flexibility index (Phi) is 8.39. The summed E-state index contributed by atoms with van der Waals surface area (Å²) in [6.07, 6.45) is 13.5. The van der Waals surface area contributed by atoms with Crippen molar-refractivity contribution in [2.24, 2.45) is 0 Å². The molecule has 45 heavy (non-hydrogen) atoms. The molecule has 0 unspecified atom stereocenters. The molecule has 0 fully saturated rings. The van der Waals surface area contributed by atoms with Crippen LogP contribution in [0.3, 0.4) is 0 Å². The molecule has 5 heterocycles. The topological polar surface area (TPSA) is 54.0 Å². The second-order valence-electron chi connectivity index (χ2n) is 11.3. The Hall–Kier alpha value is -4.99. The molecule has 0 saturated heterocycles. The molecule has 0 atom stereocenters. The third-order valence-electron chi connectivity index (χ3n) is 8.20. The minimum atomic E-state index is 0. The first-order chi connectivity index (χ1) is 21.5. The van der Waals surface area contributed by atoms with Crippen molar-refractivity contribution in [3.05, 3.63) is 143 Å². The summed E-state index contributed by atoms with van der Waals surface area (Å²) < 4.78 is 0. The van der Waals surface area contributed by atoms with Gasteiger partial charge in [-0.2, -0.15) is 0 Å². The fourth-order valence-corrected chi connectivity index (χ4v) is 5.94. The number of aryl methyl sites for hydroxylation is 2. The molecule has 0 N–H and O–H groups in total. The van der Waals surface area contributed by atoms with Gasteiger partial charge in [0.25, 0.3) is 0 Å². The summed E-state index contributed by atoms with van der Waals surface area (Å²) in [5, 5.41) is 0. The monoisotopic (exact) mass is 626 g/mol. The Balaban J connectivity index is 0.00000357. The summed E-state index contributed by atoms with van der Waals surface area (Å²) in [5.74, 6) is 0. The zero-order valence-electron chi connectivity index (χ0n) is 25.3. The Morgan fingerprint density at radius 3 is 1.31 bits per heavy atom. The molecular weight excluding hydrogens is 595 g/mol. The van der Waals surface area contributed by atoms with Crippen LogP contribution in [0.1, 0.15) is 45.0 Å². The van der Waals surface area contributed by atoms with Crippen molar-refractivity contribution in [2.45, 2.75) is 26.7 Å². The van der Waals surface area contributed by atoms with Crippen LogP contribution in [0.5, 0.6) is 0 Å². The molecule has 5 aromatic rings. The van der Waals surface area contributed by atoms with Crippen molar-refractivity contribution in [3.63, 3.8) is 0 Å². The molecule has 222 valence electrons. The van der Waals surface area contributed by atoms with Crippen LogP contribution in [0.15, 0.2) is 98.1 Å². The van der Waals surface area contributed by atoms with Crippen molar-refractivity contribution < 1.29 is 16.5 Å². The molecule has 4 nitrogen and oxygen atoms in total. The number of benzene rings is 2. The van der Waals surface area contributed by atoms with E-state index in [2.05, 4.69) is 124 Å². The summed E-state index contributed by atoms with van der Waals surface area (Å²) in [7, 11) is 0. The van der Waals surface area contributed by atoms with E-state index in [4.69, 9.17) is 19.9 Å². The Morgan fingerprint density at radius 1 is 0.511 bits per heavy atom. The van der Waals surface area contributed by atoms with E-state index in [1.165, 1.54) is 11.1 Å². The van der Waals surface area contributed by atoms with Crippen LogP contribution in [0.2, 0.25) is 0 Å². The van der Waals surface area contributed by atoms with Gasteiger partial charge in [-0.25, -0.2) is 9.97 Å². The summed E-state index contributed by atoms with van der Waals surface area (Å²) in [6.45, 7) is 12.3. The van der Waals surface area contributed by atoms with Crippen LogP contribution in [-0.4, -0.2) is 9.97 Å². The first-order valence-electron chi connectivity index (χ1n) is 14.9.